The van der Waals surface area contributed by atoms with Gasteiger partial charge in [-0.3, -0.25) is 4.90 Å². The first-order valence-corrected chi connectivity index (χ1v) is 6.00. The molecule has 0 unspecified atom stereocenters. The Morgan fingerprint density at radius 3 is 2.82 bits per heavy atom. The quantitative estimate of drug-likeness (QED) is 0.887. The van der Waals surface area contributed by atoms with E-state index in [2.05, 4.69) is 4.90 Å². The highest BCUT2D eigenvalue weighted by molar-refractivity contribution is 7.13. The fourth-order valence-electron chi connectivity index (χ4n) is 1.57. The van der Waals surface area contributed by atoms with Crippen LogP contribution < -0.4 is 0 Å². The Hall–Kier alpha value is -1.59. The molecule has 0 bridgehead atoms. The second kappa shape index (κ2) is 5.16. The third-order valence-electron chi connectivity index (χ3n) is 2.30. The Kier molecular flexibility index (Phi) is 3.61. The van der Waals surface area contributed by atoms with Crippen LogP contribution in [0.5, 0.6) is 0 Å². The molecule has 5 heteroatoms. The number of rotatable bonds is 5. The smallest absolute Gasteiger partial charge is 0.345 e. The Morgan fingerprint density at radius 1 is 1.41 bits per heavy atom. The molecule has 0 radical (unpaired) electrons. The van der Waals surface area contributed by atoms with E-state index in [-0.39, 0.29) is 0 Å². The summed E-state index contributed by atoms with van der Waals surface area (Å²) in [7, 11) is 1.97. The van der Waals surface area contributed by atoms with Crippen LogP contribution in [-0.2, 0) is 13.1 Å². The first kappa shape index (κ1) is 11.9. The minimum atomic E-state index is -0.866. The SMILES string of the molecule is CN(Cc1ccco1)Cc1ccc(C(=O)O)s1. The van der Waals surface area contributed by atoms with E-state index in [1.165, 1.54) is 11.3 Å². The van der Waals surface area contributed by atoms with E-state index >= 15 is 0 Å². The van der Waals surface area contributed by atoms with Crippen LogP contribution in [0.1, 0.15) is 20.3 Å². The Balaban J connectivity index is 1.93. The van der Waals surface area contributed by atoms with Crippen LogP contribution in [0.2, 0.25) is 0 Å². The molecule has 0 spiro atoms. The first-order valence-electron chi connectivity index (χ1n) is 5.18. The van der Waals surface area contributed by atoms with Crippen molar-refractivity contribution in [3.05, 3.63) is 46.0 Å². The summed E-state index contributed by atoms with van der Waals surface area (Å²) < 4.78 is 5.25. The van der Waals surface area contributed by atoms with Crippen LogP contribution in [0.25, 0.3) is 0 Å². The van der Waals surface area contributed by atoms with E-state index in [1.54, 1.807) is 12.3 Å². The van der Waals surface area contributed by atoms with E-state index in [4.69, 9.17) is 9.52 Å². The predicted molar refractivity (Wildman–Crippen MR) is 65.2 cm³/mol. The van der Waals surface area contributed by atoms with Gasteiger partial charge in [-0.05, 0) is 31.3 Å². The molecule has 0 aliphatic carbocycles. The number of aromatic carboxylic acids is 1. The number of nitrogens with zero attached hydrogens (tertiary/aromatic N) is 1. The van der Waals surface area contributed by atoms with Gasteiger partial charge < -0.3 is 9.52 Å². The van der Waals surface area contributed by atoms with Gasteiger partial charge >= 0.3 is 5.97 Å². The number of carbonyl (C=O) groups is 1. The van der Waals surface area contributed by atoms with Crippen molar-refractivity contribution in [1.82, 2.24) is 4.90 Å². The number of hydrogen-bond acceptors (Lipinski definition) is 4. The molecular weight excluding hydrogens is 238 g/mol. The predicted octanol–water partition coefficient (Wildman–Crippen LogP) is 2.67. The van der Waals surface area contributed by atoms with Gasteiger partial charge in [0.05, 0.1) is 12.8 Å². The van der Waals surface area contributed by atoms with E-state index in [1.807, 2.05) is 25.2 Å². The second-order valence-electron chi connectivity index (χ2n) is 3.82. The van der Waals surface area contributed by atoms with Crippen molar-refractivity contribution in [3.63, 3.8) is 0 Å². The zero-order valence-corrected chi connectivity index (χ0v) is 10.2. The summed E-state index contributed by atoms with van der Waals surface area (Å²) in [5.74, 6) is 0.0393. The van der Waals surface area contributed by atoms with Crippen LogP contribution in [0.15, 0.2) is 34.9 Å². The Labute approximate surface area is 103 Å². The normalized spacial score (nSPS) is 10.9. The van der Waals surface area contributed by atoms with Crippen molar-refractivity contribution in [1.29, 1.82) is 0 Å². The molecule has 4 nitrogen and oxygen atoms in total. The molecule has 2 aromatic rings. The van der Waals surface area contributed by atoms with Gasteiger partial charge in [0.1, 0.15) is 10.6 Å². The van der Waals surface area contributed by atoms with Crippen molar-refractivity contribution >= 4 is 17.3 Å². The molecule has 0 aliphatic heterocycles. The molecule has 2 heterocycles. The summed E-state index contributed by atoms with van der Waals surface area (Å²) in [6.45, 7) is 1.44. The third kappa shape index (κ3) is 3.18. The maximum Gasteiger partial charge on any atom is 0.345 e. The number of furan rings is 1. The molecule has 0 fully saturated rings. The average Bonchev–Trinajstić information content (AvgIpc) is 2.88. The first-order chi connectivity index (χ1) is 8.15. The molecule has 0 amide bonds. The van der Waals surface area contributed by atoms with Crippen LogP contribution in [0, 0.1) is 0 Å². The lowest BCUT2D eigenvalue weighted by Crippen LogP contribution is -2.15. The van der Waals surface area contributed by atoms with E-state index < -0.39 is 5.97 Å². The molecular formula is C12H13NO3S. The summed E-state index contributed by atoms with van der Waals surface area (Å²) in [6.07, 6.45) is 1.65. The fourth-order valence-corrected chi connectivity index (χ4v) is 2.50. The van der Waals surface area contributed by atoms with Gasteiger partial charge in [0.25, 0.3) is 0 Å². The minimum absolute atomic E-state index is 0.381. The summed E-state index contributed by atoms with van der Waals surface area (Å²) >= 11 is 1.31. The largest absolute Gasteiger partial charge is 0.477 e. The molecule has 0 saturated carbocycles. The van der Waals surface area contributed by atoms with E-state index in [0.29, 0.717) is 11.4 Å². The van der Waals surface area contributed by atoms with Gasteiger partial charge in [-0.15, -0.1) is 11.3 Å². The molecule has 17 heavy (non-hydrogen) atoms. The molecule has 2 rings (SSSR count). The van der Waals surface area contributed by atoms with E-state index in [0.717, 1.165) is 17.2 Å². The lowest BCUT2D eigenvalue weighted by molar-refractivity contribution is 0.0702. The number of carboxylic acid groups (broad SMARTS) is 1. The topological polar surface area (TPSA) is 53.7 Å². The molecule has 90 valence electrons. The molecule has 2 aromatic heterocycles. The fraction of sp³-hybridized carbons (Fsp3) is 0.250. The van der Waals surface area contributed by atoms with Gasteiger partial charge in [-0.2, -0.15) is 0 Å². The zero-order chi connectivity index (χ0) is 12.3. The van der Waals surface area contributed by atoms with Gasteiger partial charge in [-0.1, -0.05) is 0 Å². The van der Waals surface area contributed by atoms with Crippen LogP contribution in [-0.4, -0.2) is 23.0 Å². The van der Waals surface area contributed by atoms with Crippen molar-refractivity contribution in [2.75, 3.05) is 7.05 Å². The highest BCUT2D eigenvalue weighted by atomic mass is 32.1. The van der Waals surface area contributed by atoms with Crippen molar-refractivity contribution < 1.29 is 14.3 Å². The summed E-state index contributed by atoms with van der Waals surface area (Å²) in [5.41, 5.74) is 0. The maximum absolute atomic E-state index is 10.7. The summed E-state index contributed by atoms with van der Waals surface area (Å²) in [4.78, 5) is 14.2. The van der Waals surface area contributed by atoms with Crippen molar-refractivity contribution in [2.45, 2.75) is 13.1 Å². The molecule has 0 saturated heterocycles. The molecule has 0 aromatic carbocycles. The molecule has 0 atom stereocenters. The standard InChI is InChI=1S/C12H13NO3S/c1-13(7-9-3-2-6-16-9)8-10-4-5-11(17-10)12(14)15/h2-6H,7-8H2,1H3,(H,14,15). The Bertz CT molecular complexity index is 490. The average molecular weight is 251 g/mol. The van der Waals surface area contributed by atoms with E-state index in [9.17, 15) is 4.79 Å². The maximum atomic E-state index is 10.7. The van der Waals surface area contributed by atoms with Crippen LogP contribution in [0.4, 0.5) is 0 Å². The second-order valence-corrected chi connectivity index (χ2v) is 4.99. The number of thiophene rings is 1. The van der Waals surface area contributed by atoms with Crippen molar-refractivity contribution in [2.24, 2.45) is 0 Å². The third-order valence-corrected chi connectivity index (χ3v) is 3.36. The van der Waals surface area contributed by atoms with Gasteiger partial charge in [0.15, 0.2) is 0 Å². The molecule has 1 N–H and O–H groups in total. The lowest BCUT2D eigenvalue weighted by atomic mass is 10.3. The monoisotopic (exact) mass is 251 g/mol. The minimum Gasteiger partial charge on any atom is -0.477 e. The van der Waals surface area contributed by atoms with Gasteiger partial charge in [0.2, 0.25) is 0 Å². The van der Waals surface area contributed by atoms with Crippen LogP contribution in [0.3, 0.4) is 0 Å². The lowest BCUT2D eigenvalue weighted by Gasteiger charge is -2.13. The van der Waals surface area contributed by atoms with Gasteiger partial charge in [0, 0.05) is 11.4 Å². The summed E-state index contributed by atoms with van der Waals surface area (Å²) in [5, 5.41) is 8.82. The van der Waals surface area contributed by atoms with Gasteiger partial charge in [-0.25, -0.2) is 4.79 Å². The van der Waals surface area contributed by atoms with Crippen molar-refractivity contribution in [3.8, 4) is 0 Å². The zero-order valence-electron chi connectivity index (χ0n) is 9.42. The van der Waals surface area contributed by atoms with Crippen LogP contribution >= 0.6 is 11.3 Å². The number of carboxylic acids is 1. The highest BCUT2D eigenvalue weighted by Crippen LogP contribution is 2.18. The summed E-state index contributed by atoms with van der Waals surface area (Å²) in [6, 6.07) is 7.28. The molecule has 0 aliphatic rings. The highest BCUT2D eigenvalue weighted by Gasteiger charge is 2.09. The number of hydrogen-bond donors (Lipinski definition) is 1. The Morgan fingerprint density at radius 2 is 2.24 bits per heavy atom.